The van der Waals surface area contributed by atoms with Crippen LogP contribution in [0.1, 0.15) is 42.6 Å². The smallest absolute Gasteiger partial charge is 0.373 e. The molecule has 0 aromatic carbocycles. The number of furan rings is 1. The zero-order valence-electron chi connectivity index (χ0n) is 12.0. The summed E-state index contributed by atoms with van der Waals surface area (Å²) < 4.78 is 10.1. The molecular weight excluding hydrogens is 260 g/mol. The number of hydrogen-bond donors (Lipinski definition) is 1. The lowest BCUT2D eigenvalue weighted by molar-refractivity contribution is -0.119. The highest BCUT2D eigenvalue weighted by molar-refractivity contribution is 5.86. The van der Waals surface area contributed by atoms with Crippen molar-refractivity contribution in [2.24, 2.45) is 0 Å². The van der Waals surface area contributed by atoms with E-state index in [0.29, 0.717) is 0 Å². The van der Waals surface area contributed by atoms with Crippen molar-refractivity contribution in [3.8, 4) is 0 Å². The molecule has 1 aliphatic rings. The van der Waals surface area contributed by atoms with Gasteiger partial charge in [-0.3, -0.25) is 9.69 Å². The largest absolute Gasteiger partial charge is 0.463 e. The zero-order valence-corrected chi connectivity index (χ0v) is 12.0. The fourth-order valence-corrected chi connectivity index (χ4v) is 2.51. The van der Waals surface area contributed by atoms with Gasteiger partial charge in [-0.15, -0.1) is 0 Å². The Balaban J connectivity index is 1.98. The van der Waals surface area contributed by atoms with Crippen LogP contribution < -0.4 is 5.32 Å². The average Bonchev–Trinajstić information content (AvgIpc) is 3.05. The maximum Gasteiger partial charge on any atom is 0.373 e. The van der Waals surface area contributed by atoms with Crippen LogP contribution in [-0.4, -0.2) is 43.0 Å². The highest BCUT2D eigenvalue weighted by Crippen LogP contribution is 2.26. The predicted molar refractivity (Wildman–Crippen MR) is 72.3 cm³/mol. The summed E-state index contributed by atoms with van der Waals surface area (Å²) >= 11 is 0. The molecule has 2 unspecified atom stereocenters. The summed E-state index contributed by atoms with van der Waals surface area (Å²) in [7, 11) is 1.33. The monoisotopic (exact) mass is 280 g/mol. The lowest BCUT2D eigenvalue weighted by Gasteiger charge is -2.22. The molecule has 0 aliphatic carbocycles. The Morgan fingerprint density at radius 2 is 2.25 bits per heavy atom. The molecule has 1 fully saturated rings. The molecular formula is C14H20N2O4. The second-order valence-corrected chi connectivity index (χ2v) is 5.05. The highest BCUT2D eigenvalue weighted by atomic mass is 16.5. The number of carbonyl (C=O) groups is 2. The molecule has 0 radical (unpaired) electrons. The van der Waals surface area contributed by atoms with Crippen LogP contribution in [-0.2, 0) is 9.53 Å². The third-order valence-electron chi connectivity index (χ3n) is 3.60. The van der Waals surface area contributed by atoms with E-state index in [2.05, 4.69) is 15.0 Å². The standard InChI is InChI=1S/C14H20N2O4/c1-9(12-4-5-13(20-12)14(18)19-3)16-7-6-11(8-16)15-10(2)17/h4-5,9,11H,6-8H2,1-3H3,(H,15,17). The van der Waals surface area contributed by atoms with Crippen molar-refractivity contribution >= 4 is 11.9 Å². The predicted octanol–water partition coefficient (Wildman–Crippen LogP) is 1.34. The van der Waals surface area contributed by atoms with Crippen molar-refractivity contribution in [1.82, 2.24) is 10.2 Å². The van der Waals surface area contributed by atoms with Crippen molar-refractivity contribution in [1.29, 1.82) is 0 Å². The number of methoxy groups -OCH3 is 1. The fraction of sp³-hybridized carbons (Fsp3) is 0.571. The maximum absolute atomic E-state index is 11.4. The van der Waals surface area contributed by atoms with E-state index in [1.54, 1.807) is 12.1 Å². The number of nitrogens with zero attached hydrogens (tertiary/aromatic N) is 1. The number of nitrogens with one attached hydrogen (secondary N) is 1. The van der Waals surface area contributed by atoms with Gasteiger partial charge in [0.1, 0.15) is 5.76 Å². The Labute approximate surface area is 118 Å². The molecule has 6 nitrogen and oxygen atoms in total. The molecule has 1 amide bonds. The van der Waals surface area contributed by atoms with Crippen LogP contribution in [0.4, 0.5) is 0 Å². The molecule has 1 saturated heterocycles. The lowest BCUT2D eigenvalue weighted by atomic mass is 10.2. The van der Waals surface area contributed by atoms with Gasteiger partial charge in [0.25, 0.3) is 0 Å². The normalized spacial score (nSPS) is 20.6. The van der Waals surface area contributed by atoms with Gasteiger partial charge in [-0.2, -0.15) is 0 Å². The minimum atomic E-state index is -0.471. The van der Waals surface area contributed by atoms with Crippen molar-refractivity contribution < 1.29 is 18.7 Å². The zero-order chi connectivity index (χ0) is 14.7. The first kappa shape index (κ1) is 14.6. The Hall–Kier alpha value is -1.82. The lowest BCUT2D eigenvalue weighted by Crippen LogP contribution is -2.36. The summed E-state index contributed by atoms with van der Waals surface area (Å²) in [5.74, 6) is 0.470. The summed E-state index contributed by atoms with van der Waals surface area (Å²) in [6.07, 6.45) is 0.925. The van der Waals surface area contributed by atoms with Crippen molar-refractivity contribution in [2.75, 3.05) is 20.2 Å². The minimum absolute atomic E-state index is 0.00419. The summed E-state index contributed by atoms with van der Waals surface area (Å²) in [6.45, 7) is 5.23. The summed E-state index contributed by atoms with van der Waals surface area (Å²) in [5, 5.41) is 2.93. The fourth-order valence-electron chi connectivity index (χ4n) is 2.51. The summed E-state index contributed by atoms with van der Waals surface area (Å²) in [5.41, 5.74) is 0. The number of ether oxygens (including phenoxy) is 1. The van der Waals surface area contributed by atoms with E-state index < -0.39 is 5.97 Å². The van der Waals surface area contributed by atoms with Crippen molar-refractivity contribution in [3.63, 3.8) is 0 Å². The third kappa shape index (κ3) is 3.19. The first-order valence-electron chi connectivity index (χ1n) is 6.70. The van der Waals surface area contributed by atoms with Crippen LogP contribution in [0.5, 0.6) is 0 Å². The molecule has 2 atom stereocenters. The van der Waals surface area contributed by atoms with Crippen LogP contribution in [0, 0.1) is 0 Å². The van der Waals surface area contributed by atoms with E-state index in [9.17, 15) is 9.59 Å². The molecule has 110 valence electrons. The van der Waals surface area contributed by atoms with Gasteiger partial charge in [0.2, 0.25) is 11.7 Å². The molecule has 2 heterocycles. The van der Waals surface area contributed by atoms with Gasteiger partial charge in [0, 0.05) is 26.1 Å². The molecule has 20 heavy (non-hydrogen) atoms. The second kappa shape index (κ2) is 6.09. The van der Waals surface area contributed by atoms with Gasteiger partial charge in [0.05, 0.1) is 13.2 Å². The quantitative estimate of drug-likeness (QED) is 0.843. The first-order chi connectivity index (χ1) is 9.51. The van der Waals surface area contributed by atoms with Gasteiger partial charge in [0.15, 0.2) is 0 Å². The number of carbonyl (C=O) groups excluding carboxylic acids is 2. The van der Waals surface area contributed by atoms with Gasteiger partial charge in [-0.25, -0.2) is 4.79 Å². The van der Waals surface area contributed by atoms with Crippen LogP contribution in [0.25, 0.3) is 0 Å². The van der Waals surface area contributed by atoms with E-state index in [4.69, 9.17) is 4.42 Å². The second-order valence-electron chi connectivity index (χ2n) is 5.05. The van der Waals surface area contributed by atoms with Gasteiger partial charge < -0.3 is 14.5 Å². The van der Waals surface area contributed by atoms with E-state index >= 15 is 0 Å². The van der Waals surface area contributed by atoms with Crippen molar-refractivity contribution in [2.45, 2.75) is 32.4 Å². The molecule has 0 spiro atoms. The Morgan fingerprint density at radius 3 is 2.90 bits per heavy atom. The van der Waals surface area contributed by atoms with E-state index in [0.717, 1.165) is 25.3 Å². The number of likely N-dealkylation sites (tertiary alicyclic amines) is 1. The third-order valence-corrected chi connectivity index (χ3v) is 3.60. The topological polar surface area (TPSA) is 71.8 Å². The Morgan fingerprint density at radius 1 is 1.50 bits per heavy atom. The first-order valence-corrected chi connectivity index (χ1v) is 6.70. The molecule has 2 rings (SSSR count). The van der Waals surface area contributed by atoms with Gasteiger partial charge in [-0.1, -0.05) is 0 Å². The molecule has 1 N–H and O–H groups in total. The number of hydrogen-bond acceptors (Lipinski definition) is 5. The molecule has 0 bridgehead atoms. The molecule has 6 heteroatoms. The van der Waals surface area contributed by atoms with E-state index in [-0.39, 0.29) is 23.8 Å². The number of esters is 1. The van der Waals surface area contributed by atoms with Gasteiger partial charge in [-0.05, 0) is 25.5 Å². The van der Waals surface area contributed by atoms with Crippen LogP contribution >= 0.6 is 0 Å². The molecule has 0 saturated carbocycles. The minimum Gasteiger partial charge on any atom is -0.463 e. The number of rotatable bonds is 4. The molecule has 1 aromatic heterocycles. The average molecular weight is 280 g/mol. The van der Waals surface area contributed by atoms with Gasteiger partial charge >= 0.3 is 5.97 Å². The maximum atomic E-state index is 11.4. The highest BCUT2D eigenvalue weighted by Gasteiger charge is 2.29. The molecule has 1 aliphatic heterocycles. The number of amides is 1. The summed E-state index contributed by atoms with van der Waals surface area (Å²) in [6, 6.07) is 3.67. The molecule has 1 aromatic rings. The summed E-state index contributed by atoms with van der Waals surface area (Å²) in [4.78, 5) is 24.6. The van der Waals surface area contributed by atoms with Crippen LogP contribution in [0.2, 0.25) is 0 Å². The Kier molecular flexibility index (Phi) is 4.44. The van der Waals surface area contributed by atoms with Crippen molar-refractivity contribution in [3.05, 3.63) is 23.7 Å². The Bertz CT molecular complexity index is 497. The van der Waals surface area contributed by atoms with Crippen LogP contribution in [0.3, 0.4) is 0 Å². The van der Waals surface area contributed by atoms with E-state index in [1.807, 2.05) is 6.92 Å². The van der Waals surface area contributed by atoms with Crippen LogP contribution in [0.15, 0.2) is 16.5 Å². The SMILES string of the molecule is COC(=O)c1ccc(C(C)N2CCC(NC(C)=O)C2)o1. The van der Waals surface area contributed by atoms with E-state index in [1.165, 1.54) is 14.0 Å².